The van der Waals surface area contributed by atoms with Crippen molar-refractivity contribution in [2.75, 3.05) is 0 Å². The van der Waals surface area contributed by atoms with Crippen LogP contribution in [0.4, 0.5) is 0 Å². The van der Waals surface area contributed by atoms with Gasteiger partial charge in [0.15, 0.2) is 0 Å². The summed E-state index contributed by atoms with van der Waals surface area (Å²) in [6.45, 7) is 0. The summed E-state index contributed by atoms with van der Waals surface area (Å²) in [6, 6.07) is 0. The summed E-state index contributed by atoms with van der Waals surface area (Å²) in [6.07, 6.45) is 0. The van der Waals surface area contributed by atoms with E-state index in [0.717, 1.165) is 0 Å². The lowest BCUT2D eigenvalue weighted by atomic mass is 11.9. The molecule has 0 radical (unpaired) electrons. The minimum Gasteiger partial charge on any atom is -0.0775 e. The molecule has 0 unspecified atom stereocenters. The molecule has 0 aromatic heterocycles. The Labute approximate surface area is 35.4 Å². The smallest absolute Gasteiger partial charge is 0.000589 e. The first-order chi connectivity index (χ1) is 1.91. The van der Waals surface area contributed by atoms with Crippen molar-refractivity contribution >= 4 is 29.0 Å². The third kappa shape index (κ3) is 2.65. The highest BCUT2D eigenvalue weighted by molar-refractivity contribution is 6.91. The van der Waals surface area contributed by atoms with Gasteiger partial charge in [-0.2, -0.15) is 0 Å². The lowest BCUT2D eigenvalue weighted by Crippen LogP contribution is -1.82. The molecule has 0 atom stereocenters. The van der Waals surface area contributed by atoms with Gasteiger partial charge in [0.1, 0.15) is 0 Å². The van der Waals surface area contributed by atoms with Crippen LogP contribution in [-0.2, 0) is 0 Å². The van der Waals surface area contributed by atoms with E-state index in [-0.39, 0.29) is 0 Å². The zero-order valence-electron chi connectivity index (χ0n) is 3.41. The summed E-state index contributed by atoms with van der Waals surface area (Å²) in [5.41, 5.74) is 1.66. The highest BCUT2D eigenvalue weighted by Gasteiger charge is 1.59. The molecule has 26 valence electrons. The van der Waals surface area contributed by atoms with Crippen molar-refractivity contribution in [2.24, 2.45) is 0 Å². The molecule has 0 heterocycles. The Balaban J connectivity index is 1.97. The molecule has 0 aromatic carbocycles. The quantitative estimate of drug-likeness (QED) is 0.316. The average molecular weight is 106 g/mol. The monoisotopic (exact) mass is 106 g/mol. The van der Waals surface area contributed by atoms with Crippen molar-refractivity contribution in [1.82, 2.24) is 0 Å². The first kappa shape index (κ1) is 4.65. The minimum atomic E-state index is 0.625. The molecule has 0 fully saturated rings. The van der Waals surface area contributed by atoms with Crippen molar-refractivity contribution in [3.8, 4) is 0 Å². The fourth-order valence-electron chi connectivity index (χ4n) is 0. The van der Waals surface area contributed by atoms with E-state index in [4.69, 9.17) is 0 Å². The third-order valence-corrected chi connectivity index (χ3v) is 13.5. The number of hydrogen-bond acceptors (Lipinski definition) is 0. The third-order valence-electron chi connectivity index (χ3n) is 0.500. The highest BCUT2D eigenvalue weighted by Crippen LogP contribution is 1.49. The lowest BCUT2D eigenvalue weighted by molar-refractivity contribution is 2.12. The molecule has 4 heavy (non-hydrogen) atoms. The summed E-state index contributed by atoms with van der Waals surface area (Å²) in [4.78, 5) is 0. The van der Waals surface area contributed by atoms with Gasteiger partial charge in [0, 0.05) is 9.04 Å². The van der Waals surface area contributed by atoms with Gasteiger partial charge >= 0.3 is 0 Å². The van der Waals surface area contributed by atoms with Crippen LogP contribution in [0.3, 0.4) is 0 Å². The lowest BCUT2D eigenvalue weighted by Gasteiger charge is -1.65. The van der Waals surface area contributed by atoms with Gasteiger partial charge in [-0.05, 0) is 20.0 Å². The zero-order chi connectivity index (χ0) is 3.41. The summed E-state index contributed by atoms with van der Waals surface area (Å²) in [5, 5.41) is 0. The van der Waals surface area contributed by atoms with Crippen molar-refractivity contribution in [1.29, 1.82) is 0 Å². The molecule has 0 N–H and O–H groups in total. The number of rotatable bonds is 1. The van der Waals surface area contributed by atoms with Crippen LogP contribution in [-0.4, -0.2) is 29.0 Å². The maximum Gasteiger partial charge on any atom is 0.000589 e. The summed E-state index contributed by atoms with van der Waals surface area (Å²) in [5.74, 6) is 0. The Hall–Kier alpha value is 0.651. The zero-order valence-corrected chi connectivity index (χ0v) is 8.83. The Bertz CT molecular complexity index is 5.25. The molecule has 3 heteroatoms. The van der Waals surface area contributed by atoms with Gasteiger partial charge in [-0.3, -0.25) is 0 Å². The van der Waals surface area contributed by atoms with Crippen LogP contribution in [0.1, 0.15) is 0 Å². The first-order valence-corrected chi connectivity index (χ1v) is 9.99. The fraction of sp³-hybridized carbons (Fsp3) is 1.00. The Kier molecular flexibility index (Phi) is 4.24. The summed E-state index contributed by atoms with van der Waals surface area (Å²) in [7, 11) is 3.67. The largest absolute Gasteiger partial charge is 0.0775 e. The minimum absolute atomic E-state index is 0.625. The molecule has 0 saturated heterocycles. The van der Waals surface area contributed by atoms with E-state index >= 15 is 0 Å². The molecule has 0 nitrogen and oxygen atoms in total. The molecule has 0 aliphatic rings. The van der Waals surface area contributed by atoms with Crippen molar-refractivity contribution < 1.29 is 0 Å². The van der Waals surface area contributed by atoms with Crippen LogP contribution in [0.2, 0.25) is 5.67 Å². The molecule has 0 aliphatic carbocycles. The molecule has 0 amide bonds. The molecule has 0 saturated carbocycles. The second kappa shape index (κ2) is 3.65. The molecular formula is CH10Si3. The molecule has 0 rings (SSSR count). The van der Waals surface area contributed by atoms with Gasteiger partial charge in [-0.1, -0.05) is 5.67 Å². The van der Waals surface area contributed by atoms with Crippen LogP contribution >= 0.6 is 0 Å². The maximum absolute atomic E-state index is 1.66. The molecule has 0 spiro atoms. The summed E-state index contributed by atoms with van der Waals surface area (Å²) < 4.78 is 0. The first-order valence-electron chi connectivity index (χ1n) is 1.91. The normalized spacial score (nSPS) is 12.0. The average Bonchev–Trinajstić information content (AvgIpc) is 1.37. The maximum atomic E-state index is 1.66. The van der Waals surface area contributed by atoms with Gasteiger partial charge < -0.3 is 0 Å². The molecule has 0 aliphatic heterocycles. The van der Waals surface area contributed by atoms with E-state index in [0.29, 0.717) is 9.04 Å². The molecule has 0 bridgehead atoms. The van der Waals surface area contributed by atoms with Crippen LogP contribution in [0.25, 0.3) is 0 Å². The Morgan fingerprint density at radius 3 is 2.00 bits per heavy atom. The van der Waals surface area contributed by atoms with E-state index in [1.807, 2.05) is 0 Å². The Morgan fingerprint density at radius 2 is 2.00 bits per heavy atom. The second-order valence-corrected chi connectivity index (χ2v) is 9.00. The van der Waals surface area contributed by atoms with E-state index in [2.05, 4.69) is 0 Å². The predicted octanol–water partition coefficient (Wildman–Crippen LogP) is -2.82. The van der Waals surface area contributed by atoms with Crippen molar-refractivity contribution in [3.63, 3.8) is 0 Å². The van der Waals surface area contributed by atoms with E-state index < -0.39 is 0 Å². The van der Waals surface area contributed by atoms with Crippen LogP contribution in [0.5, 0.6) is 0 Å². The van der Waals surface area contributed by atoms with Gasteiger partial charge in [0.2, 0.25) is 0 Å². The van der Waals surface area contributed by atoms with Gasteiger partial charge in [-0.25, -0.2) is 0 Å². The van der Waals surface area contributed by atoms with Gasteiger partial charge in [0.25, 0.3) is 0 Å². The fourth-order valence-corrected chi connectivity index (χ4v) is 0. The predicted molar refractivity (Wildman–Crippen MR) is 33.2 cm³/mol. The van der Waals surface area contributed by atoms with E-state index in [1.165, 1.54) is 10.2 Å². The van der Waals surface area contributed by atoms with Crippen LogP contribution in [0, 0.1) is 0 Å². The van der Waals surface area contributed by atoms with Gasteiger partial charge in [-0.15, -0.1) is 0 Å². The summed E-state index contributed by atoms with van der Waals surface area (Å²) >= 11 is 0. The Morgan fingerprint density at radius 1 is 1.75 bits per heavy atom. The topological polar surface area (TPSA) is 0 Å². The van der Waals surface area contributed by atoms with Gasteiger partial charge in [0.05, 0.1) is 0 Å². The second-order valence-electron chi connectivity index (χ2n) is 1.000. The highest BCUT2D eigenvalue weighted by atomic mass is 29.1. The van der Waals surface area contributed by atoms with E-state index in [9.17, 15) is 0 Å². The van der Waals surface area contributed by atoms with Crippen LogP contribution in [0.15, 0.2) is 0 Å². The van der Waals surface area contributed by atoms with Crippen LogP contribution < -0.4 is 0 Å². The molecule has 0 aromatic rings. The van der Waals surface area contributed by atoms with E-state index in [1.54, 1.807) is 15.4 Å². The standard InChI is InChI=1S/CH10Si3/c2-1-4-3/h1,4H2,2-3H3. The van der Waals surface area contributed by atoms with Crippen molar-refractivity contribution in [2.45, 2.75) is 5.67 Å². The number of hydrogen-bond donors (Lipinski definition) is 0. The molecular weight excluding hydrogens is 96.3 g/mol. The van der Waals surface area contributed by atoms with Crippen molar-refractivity contribution in [3.05, 3.63) is 0 Å². The SMILES string of the molecule is [SiH3]C[SiH2][SiH3].